The number of carboxylic acids is 2. The van der Waals surface area contributed by atoms with Crippen LogP contribution in [0.1, 0.15) is 23.2 Å². The number of rotatable bonds is 7. The maximum atomic E-state index is 13.4. The van der Waals surface area contributed by atoms with E-state index >= 15 is 0 Å². The van der Waals surface area contributed by atoms with E-state index in [0.717, 1.165) is 12.1 Å². The van der Waals surface area contributed by atoms with Gasteiger partial charge in [-0.15, -0.1) is 0 Å². The number of aliphatic carboxylic acids is 2. The van der Waals surface area contributed by atoms with Gasteiger partial charge in [0.05, 0.1) is 4.92 Å². The first-order valence-electron chi connectivity index (χ1n) is 5.91. The Labute approximate surface area is 122 Å². The van der Waals surface area contributed by atoms with Gasteiger partial charge in [-0.25, -0.2) is 4.79 Å². The van der Waals surface area contributed by atoms with Crippen molar-refractivity contribution in [2.24, 2.45) is 0 Å². The molecule has 3 N–H and O–H groups in total. The molecule has 0 heterocycles. The minimum absolute atomic E-state index is 0.315. The molecular formula is C12H11FN2O7. The largest absolute Gasteiger partial charge is 0.481 e. The Balaban J connectivity index is 2.86. The molecule has 1 aromatic carbocycles. The fraction of sp³-hybridized carbons (Fsp3) is 0.250. The van der Waals surface area contributed by atoms with Crippen LogP contribution < -0.4 is 5.32 Å². The molecular weight excluding hydrogens is 303 g/mol. The minimum atomic E-state index is -1.47. The van der Waals surface area contributed by atoms with Gasteiger partial charge in [-0.1, -0.05) is 0 Å². The van der Waals surface area contributed by atoms with Gasteiger partial charge in [0.1, 0.15) is 6.04 Å². The Morgan fingerprint density at radius 3 is 2.41 bits per heavy atom. The third kappa shape index (κ3) is 4.51. The predicted octanol–water partition coefficient (Wildman–Crippen LogP) is 0.782. The van der Waals surface area contributed by atoms with E-state index in [4.69, 9.17) is 10.2 Å². The Kier molecular flexibility index (Phi) is 5.50. The SMILES string of the molecule is O=C(O)CC[C@H](NC(=O)c1ccc([N+](=O)[O-])c(F)c1)C(=O)O. The van der Waals surface area contributed by atoms with Crippen molar-refractivity contribution in [1.82, 2.24) is 5.32 Å². The number of carboxylic acid groups (broad SMARTS) is 2. The monoisotopic (exact) mass is 314 g/mol. The van der Waals surface area contributed by atoms with Crippen LogP contribution in [0.3, 0.4) is 0 Å². The van der Waals surface area contributed by atoms with Gasteiger partial charge >= 0.3 is 17.6 Å². The third-order valence-electron chi connectivity index (χ3n) is 2.66. The fourth-order valence-electron chi connectivity index (χ4n) is 1.56. The summed E-state index contributed by atoms with van der Waals surface area (Å²) >= 11 is 0. The van der Waals surface area contributed by atoms with Crippen LogP contribution in [-0.2, 0) is 9.59 Å². The zero-order valence-electron chi connectivity index (χ0n) is 11.0. The highest BCUT2D eigenvalue weighted by molar-refractivity contribution is 5.96. The number of nitro groups is 1. The van der Waals surface area contributed by atoms with Gasteiger partial charge in [-0.05, 0) is 18.6 Å². The lowest BCUT2D eigenvalue weighted by molar-refractivity contribution is -0.387. The zero-order chi connectivity index (χ0) is 16.9. The van der Waals surface area contributed by atoms with Crippen molar-refractivity contribution < 1.29 is 33.9 Å². The maximum Gasteiger partial charge on any atom is 0.326 e. The number of benzene rings is 1. The van der Waals surface area contributed by atoms with Crippen LogP contribution in [0.25, 0.3) is 0 Å². The molecule has 0 fully saturated rings. The van der Waals surface area contributed by atoms with Gasteiger partial charge in [-0.3, -0.25) is 19.7 Å². The first-order chi connectivity index (χ1) is 10.2. The molecule has 1 atom stereocenters. The number of amides is 1. The standard InChI is InChI=1S/C12H11FN2O7/c13-7-5-6(1-3-9(7)15(21)22)11(18)14-8(12(19)20)2-4-10(16)17/h1,3,5,8H,2,4H2,(H,14,18)(H,16,17)(H,19,20)/t8-/m0/s1. The second-order valence-corrected chi connectivity index (χ2v) is 4.22. The topological polar surface area (TPSA) is 147 Å². The number of hydrogen-bond donors (Lipinski definition) is 3. The molecule has 10 heteroatoms. The lowest BCUT2D eigenvalue weighted by Crippen LogP contribution is -2.41. The molecule has 1 aromatic rings. The third-order valence-corrected chi connectivity index (χ3v) is 2.66. The van der Waals surface area contributed by atoms with Crippen molar-refractivity contribution in [3.8, 4) is 0 Å². The highest BCUT2D eigenvalue weighted by atomic mass is 19.1. The average molecular weight is 314 g/mol. The molecule has 0 radical (unpaired) electrons. The van der Waals surface area contributed by atoms with Crippen LogP contribution in [0.4, 0.5) is 10.1 Å². The maximum absolute atomic E-state index is 13.4. The smallest absolute Gasteiger partial charge is 0.326 e. The first kappa shape index (κ1) is 17.0. The number of nitrogens with zero attached hydrogens (tertiary/aromatic N) is 1. The van der Waals surface area contributed by atoms with E-state index in [0.29, 0.717) is 6.07 Å². The Morgan fingerprint density at radius 2 is 1.95 bits per heavy atom. The molecule has 118 valence electrons. The van der Waals surface area contributed by atoms with Crippen molar-refractivity contribution in [2.75, 3.05) is 0 Å². The van der Waals surface area contributed by atoms with Crippen LogP contribution in [-0.4, -0.2) is 39.0 Å². The van der Waals surface area contributed by atoms with E-state index in [1.165, 1.54) is 0 Å². The molecule has 0 aromatic heterocycles. The molecule has 9 nitrogen and oxygen atoms in total. The molecule has 0 saturated heterocycles. The van der Waals surface area contributed by atoms with Crippen LogP contribution in [0, 0.1) is 15.9 Å². The molecule has 0 aliphatic heterocycles. The Morgan fingerprint density at radius 1 is 1.32 bits per heavy atom. The number of halogens is 1. The van der Waals surface area contributed by atoms with Crippen molar-refractivity contribution in [3.63, 3.8) is 0 Å². The number of hydrogen-bond acceptors (Lipinski definition) is 5. The minimum Gasteiger partial charge on any atom is -0.481 e. The summed E-state index contributed by atoms with van der Waals surface area (Å²) in [5.74, 6) is -4.90. The molecule has 0 bridgehead atoms. The van der Waals surface area contributed by atoms with Crippen LogP contribution >= 0.6 is 0 Å². The number of carbonyl (C=O) groups excluding carboxylic acids is 1. The predicted molar refractivity (Wildman–Crippen MR) is 68.8 cm³/mol. The average Bonchev–Trinajstić information content (AvgIpc) is 2.41. The number of nitro benzene ring substituents is 1. The van der Waals surface area contributed by atoms with E-state index in [-0.39, 0.29) is 12.0 Å². The summed E-state index contributed by atoms with van der Waals surface area (Å²) in [6.07, 6.45) is -0.836. The quantitative estimate of drug-likeness (QED) is 0.497. The summed E-state index contributed by atoms with van der Waals surface area (Å²) in [7, 11) is 0. The molecule has 0 aliphatic rings. The van der Waals surface area contributed by atoms with Gasteiger partial charge in [-0.2, -0.15) is 4.39 Å². The van der Waals surface area contributed by atoms with Crippen molar-refractivity contribution >= 4 is 23.5 Å². The van der Waals surface area contributed by atoms with Crippen molar-refractivity contribution in [1.29, 1.82) is 0 Å². The Bertz CT molecular complexity index is 632. The van der Waals surface area contributed by atoms with Gasteiger partial charge in [0, 0.05) is 18.1 Å². The van der Waals surface area contributed by atoms with Gasteiger partial charge in [0.15, 0.2) is 0 Å². The van der Waals surface area contributed by atoms with E-state index < -0.39 is 46.7 Å². The van der Waals surface area contributed by atoms with Gasteiger partial charge in [0.2, 0.25) is 5.82 Å². The number of nitrogens with one attached hydrogen (secondary N) is 1. The summed E-state index contributed by atoms with van der Waals surface area (Å²) in [6.45, 7) is 0. The summed E-state index contributed by atoms with van der Waals surface area (Å²) < 4.78 is 13.4. The number of carbonyl (C=O) groups is 3. The first-order valence-corrected chi connectivity index (χ1v) is 5.91. The molecule has 0 unspecified atom stereocenters. The molecule has 22 heavy (non-hydrogen) atoms. The molecule has 0 spiro atoms. The summed E-state index contributed by atoms with van der Waals surface area (Å²) in [5, 5.41) is 29.9. The molecule has 1 amide bonds. The summed E-state index contributed by atoms with van der Waals surface area (Å²) in [4.78, 5) is 42.6. The van der Waals surface area contributed by atoms with Gasteiger partial charge < -0.3 is 15.5 Å². The second kappa shape index (κ2) is 7.11. The molecule has 0 aliphatic carbocycles. The zero-order valence-corrected chi connectivity index (χ0v) is 11.0. The lowest BCUT2D eigenvalue weighted by atomic mass is 10.1. The van der Waals surface area contributed by atoms with Gasteiger partial charge in [0.25, 0.3) is 5.91 Å². The highest BCUT2D eigenvalue weighted by Gasteiger charge is 2.23. The fourth-order valence-corrected chi connectivity index (χ4v) is 1.56. The highest BCUT2D eigenvalue weighted by Crippen LogP contribution is 2.18. The van der Waals surface area contributed by atoms with Crippen LogP contribution in [0.15, 0.2) is 18.2 Å². The van der Waals surface area contributed by atoms with Crippen LogP contribution in [0.5, 0.6) is 0 Å². The molecule has 0 saturated carbocycles. The van der Waals surface area contributed by atoms with E-state index in [9.17, 15) is 28.9 Å². The van der Waals surface area contributed by atoms with E-state index in [2.05, 4.69) is 0 Å². The summed E-state index contributed by atoms with van der Waals surface area (Å²) in [5.41, 5.74) is -1.14. The van der Waals surface area contributed by atoms with E-state index in [1.807, 2.05) is 5.32 Å². The summed E-state index contributed by atoms with van der Waals surface area (Å²) in [6, 6.07) is 0.870. The second-order valence-electron chi connectivity index (χ2n) is 4.22. The molecule has 1 rings (SSSR count). The lowest BCUT2D eigenvalue weighted by Gasteiger charge is -2.13. The normalized spacial score (nSPS) is 11.5. The van der Waals surface area contributed by atoms with Crippen molar-refractivity contribution in [3.05, 3.63) is 39.7 Å². The Hall–Kier alpha value is -3.04. The van der Waals surface area contributed by atoms with Crippen molar-refractivity contribution in [2.45, 2.75) is 18.9 Å². The van der Waals surface area contributed by atoms with E-state index in [1.54, 1.807) is 0 Å². The van der Waals surface area contributed by atoms with Crippen LogP contribution in [0.2, 0.25) is 0 Å².